The fourth-order valence-corrected chi connectivity index (χ4v) is 3.95. The predicted molar refractivity (Wildman–Crippen MR) is 91.4 cm³/mol. The number of hydrogen-bond donors (Lipinski definition) is 0. The minimum absolute atomic E-state index is 0.0717. The Labute approximate surface area is 142 Å². The number of imide groups is 1. The maximum Gasteiger partial charge on any atom is 0.257 e. The van der Waals surface area contributed by atoms with Crippen LogP contribution >= 0.6 is 0 Å². The van der Waals surface area contributed by atoms with E-state index in [9.17, 15) is 14.4 Å². The highest BCUT2D eigenvalue weighted by atomic mass is 16.2. The second kappa shape index (κ2) is 7.16. The maximum absolute atomic E-state index is 12.9. The Bertz CT molecular complexity index is 621. The summed E-state index contributed by atoms with van der Waals surface area (Å²) in [4.78, 5) is 40.5. The van der Waals surface area contributed by atoms with Gasteiger partial charge in [-0.15, -0.1) is 0 Å². The summed E-state index contributed by atoms with van der Waals surface area (Å²) in [6, 6.07) is 8.37. The van der Waals surface area contributed by atoms with Crippen LogP contribution in [-0.4, -0.2) is 34.7 Å². The zero-order chi connectivity index (χ0) is 17.1. The highest BCUT2D eigenvalue weighted by Crippen LogP contribution is 2.30. The Morgan fingerprint density at radius 2 is 1.67 bits per heavy atom. The van der Waals surface area contributed by atoms with Crippen LogP contribution in [0.15, 0.2) is 30.3 Å². The zero-order valence-electron chi connectivity index (χ0n) is 14.1. The summed E-state index contributed by atoms with van der Waals surface area (Å²) in [7, 11) is 0. The van der Waals surface area contributed by atoms with E-state index >= 15 is 0 Å². The van der Waals surface area contributed by atoms with Crippen molar-refractivity contribution in [3.63, 3.8) is 0 Å². The molecule has 3 rings (SSSR count). The van der Waals surface area contributed by atoms with Crippen molar-refractivity contribution >= 4 is 23.4 Å². The fourth-order valence-electron chi connectivity index (χ4n) is 3.95. The molecular formula is C19H24N2O3. The average Bonchev–Trinajstić information content (AvgIpc) is 2.74. The van der Waals surface area contributed by atoms with Crippen LogP contribution < -0.4 is 4.90 Å². The quantitative estimate of drug-likeness (QED) is 0.633. The first-order chi connectivity index (χ1) is 11.6. The topological polar surface area (TPSA) is 57.7 Å². The monoisotopic (exact) mass is 328 g/mol. The Morgan fingerprint density at radius 1 is 1.04 bits per heavy atom. The van der Waals surface area contributed by atoms with Crippen molar-refractivity contribution < 1.29 is 14.4 Å². The molecule has 5 heteroatoms. The standard InChI is InChI=1S/C19H24N2O3/c1-14(22)20(15-9-5-2-3-6-10-15)17-13-18(23)21(19(17)24)16-11-7-4-8-12-16/h4,7-8,11-12,15,17H,2-3,5-6,9-10,13H2,1H3. The van der Waals surface area contributed by atoms with Gasteiger partial charge in [0.15, 0.2) is 0 Å². The van der Waals surface area contributed by atoms with Crippen molar-refractivity contribution in [2.24, 2.45) is 0 Å². The van der Waals surface area contributed by atoms with E-state index < -0.39 is 6.04 Å². The Balaban J connectivity index is 1.85. The molecule has 5 nitrogen and oxygen atoms in total. The summed E-state index contributed by atoms with van der Waals surface area (Å²) in [6.45, 7) is 1.51. The van der Waals surface area contributed by atoms with E-state index in [1.807, 2.05) is 6.07 Å². The van der Waals surface area contributed by atoms with Crippen LogP contribution in [0, 0.1) is 0 Å². The molecule has 0 radical (unpaired) electrons. The van der Waals surface area contributed by atoms with Crippen LogP contribution in [0.4, 0.5) is 5.69 Å². The average molecular weight is 328 g/mol. The van der Waals surface area contributed by atoms with E-state index in [0.29, 0.717) is 5.69 Å². The van der Waals surface area contributed by atoms with Crippen molar-refractivity contribution in [1.29, 1.82) is 0 Å². The minimum Gasteiger partial charge on any atom is -0.327 e. The lowest BCUT2D eigenvalue weighted by atomic mass is 10.0. The molecule has 3 amide bonds. The first kappa shape index (κ1) is 16.7. The van der Waals surface area contributed by atoms with E-state index in [-0.39, 0.29) is 30.2 Å². The molecule has 1 saturated carbocycles. The number of para-hydroxylation sites is 1. The van der Waals surface area contributed by atoms with Gasteiger partial charge >= 0.3 is 0 Å². The first-order valence-corrected chi connectivity index (χ1v) is 8.80. The molecule has 128 valence electrons. The minimum atomic E-state index is -0.654. The highest BCUT2D eigenvalue weighted by Gasteiger charge is 2.45. The van der Waals surface area contributed by atoms with Gasteiger partial charge in [-0.05, 0) is 25.0 Å². The molecule has 2 fully saturated rings. The van der Waals surface area contributed by atoms with Crippen molar-refractivity contribution in [2.75, 3.05) is 4.90 Å². The van der Waals surface area contributed by atoms with E-state index in [1.165, 1.54) is 24.7 Å². The van der Waals surface area contributed by atoms with Gasteiger partial charge < -0.3 is 4.90 Å². The lowest BCUT2D eigenvalue weighted by Gasteiger charge is -2.34. The van der Waals surface area contributed by atoms with Gasteiger partial charge in [-0.2, -0.15) is 0 Å². The van der Waals surface area contributed by atoms with E-state index in [0.717, 1.165) is 25.7 Å². The summed E-state index contributed by atoms with van der Waals surface area (Å²) in [6.07, 6.45) is 6.43. The lowest BCUT2D eigenvalue weighted by molar-refractivity contribution is -0.139. The molecule has 0 N–H and O–H groups in total. The summed E-state index contributed by atoms with van der Waals surface area (Å²) in [5.41, 5.74) is 0.583. The molecule has 2 aliphatic rings. The van der Waals surface area contributed by atoms with Crippen molar-refractivity contribution in [3.05, 3.63) is 30.3 Å². The van der Waals surface area contributed by atoms with E-state index in [1.54, 1.807) is 29.2 Å². The molecule has 24 heavy (non-hydrogen) atoms. The van der Waals surface area contributed by atoms with Gasteiger partial charge in [-0.25, -0.2) is 4.90 Å². The van der Waals surface area contributed by atoms with Crippen molar-refractivity contribution in [3.8, 4) is 0 Å². The van der Waals surface area contributed by atoms with Crippen LogP contribution in [0.2, 0.25) is 0 Å². The molecule has 1 aromatic carbocycles. The molecule has 1 aliphatic heterocycles. The van der Waals surface area contributed by atoms with Crippen LogP contribution in [-0.2, 0) is 14.4 Å². The summed E-state index contributed by atoms with van der Waals surface area (Å²) < 4.78 is 0. The van der Waals surface area contributed by atoms with Crippen molar-refractivity contribution in [2.45, 2.75) is 64.0 Å². The molecule has 1 unspecified atom stereocenters. The number of amides is 3. The number of carbonyl (C=O) groups excluding carboxylic acids is 3. The third-order valence-corrected chi connectivity index (χ3v) is 5.05. The largest absolute Gasteiger partial charge is 0.327 e. The second-order valence-corrected chi connectivity index (χ2v) is 6.69. The molecular weight excluding hydrogens is 304 g/mol. The van der Waals surface area contributed by atoms with Gasteiger partial charge in [0.25, 0.3) is 5.91 Å². The van der Waals surface area contributed by atoms with Gasteiger partial charge in [-0.3, -0.25) is 14.4 Å². The molecule has 1 atom stereocenters. The summed E-state index contributed by atoms with van der Waals surface area (Å²) in [5, 5.41) is 0. The number of rotatable bonds is 3. The molecule has 1 aromatic rings. The molecule has 0 bridgehead atoms. The van der Waals surface area contributed by atoms with Gasteiger partial charge in [0.1, 0.15) is 6.04 Å². The maximum atomic E-state index is 12.9. The molecule has 0 spiro atoms. The third kappa shape index (κ3) is 3.21. The first-order valence-electron chi connectivity index (χ1n) is 8.80. The Morgan fingerprint density at radius 3 is 2.25 bits per heavy atom. The third-order valence-electron chi connectivity index (χ3n) is 5.05. The molecule has 1 aliphatic carbocycles. The van der Waals surface area contributed by atoms with Gasteiger partial charge in [0, 0.05) is 13.0 Å². The van der Waals surface area contributed by atoms with Crippen LogP contribution in [0.5, 0.6) is 0 Å². The van der Waals surface area contributed by atoms with Gasteiger partial charge in [0.2, 0.25) is 11.8 Å². The highest BCUT2D eigenvalue weighted by molar-refractivity contribution is 6.23. The zero-order valence-corrected chi connectivity index (χ0v) is 14.1. The molecule has 1 heterocycles. The normalized spacial score (nSPS) is 22.5. The Hall–Kier alpha value is -2.17. The number of nitrogens with zero attached hydrogens (tertiary/aromatic N) is 2. The number of hydrogen-bond acceptors (Lipinski definition) is 3. The van der Waals surface area contributed by atoms with E-state index in [4.69, 9.17) is 0 Å². The smallest absolute Gasteiger partial charge is 0.257 e. The summed E-state index contributed by atoms with van der Waals surface area (Å²) >= 11 is 0. The van der Waals surface area contributed by atoms with Gasteiger partial charge in [-0.1, -0.05) is 43.9 Å². The SMILES string of the molecule is CC(=O)N(C1CCCCCC1)C1CC(=O)N(c2ccccc2)C1=O. The van der Waals surface area contributed by atoms with E-state index in [2.05, 4.69) is 0 Å². The number of carbonyl (C=O) groups is 3. The molecule has 0 aromatic heterocycles. The number of benzene rings is 1. The van der Waals surface area contributed by atoms with Crippen LogP contribution in [0.1, 0.15) is 51.9 Å². The number of anilines is 1. The van der Waals surface area contributed by atoms with Crippen LogP contribution in [0.3, 0.4) is 0 Å². The predicted octanol–water partition coefficient (Wildman–Crippen LogP) is 2.89. The molecule has 1 saturated heterocycles. The van der Waals surface area contributed by atoms with Crippen molar-refractivity contribution in [1.82, 2.24) is 4.90 Å². The van der Waals surface area contributed by atoms with Crippen LogP contribution in [0.25, 0.3) is 0 Å². The lowest BCUT2D eigenvalue weighted by Crippen LogP contribution is -2.49. The fraction of sp³-hybridized carbons (Fsp3) is 0.526. The second-order valence-electron chi connectivity index (χ2n) is 6.69. The van der Waals surface area contributed by atoms with Gasteiger partial charge in [0.05, 0.1) is 12.1 Å². The Kier molecular flexibility index (Phi) is 4.97. The summed E-state index contributed by atoms with van der Waals surface area (Å²) in [5.74, 6) is -0.607.